The lowest BCUT2D eigenvalue weighted by atomic mass is 10.2. The van der Waals surface area contributed by atoms with E-state index in [1.165, 1.54) is 12.1 Å². The molecule has 0 aliphatic rings. The minimum atomic E-state index is -1.32. The first-order valence-corrected chi connectivity index (χ1v) is 4.81. The molecule has 0 saturated carbocycles. The van der Waals surface area contributed by atoms with E-state index in [-0.39, 0.29) is 5.75 Å². The van der Waals surface area contributed by atoms with Gasteiger partial charge in [0.1, 0.15) is 23.7 Å². The van der Waals surface area contributed by atoms with Crippen LogP contribution in [0.25, 0.3) is 0 Å². The van der Waals surface area contributed by atoms with Gasteiger partial charge in [0.2, 0.25) is 0 Å². The third-order valence-corrected chi connectivity index (χ3v) is 1.99. The summed E-state index contributed by atoms with van der Waals surface area (Å²) >= 11 is 0. The van der Waals surface area contributed by atoms with Crippen molar-refractivity contribution in [3.63, 3.8) is 0 Å². The average Bonchev–Trinajstić information content (AvgIpc) is 2.16. The number of carboxylic acid groups (broad SMARTS) is 1. The number of carboxylic acids is 1. The fourth-order valence-electron chi connectivity index (χ4n) is 1.17. The number of aromatic carboxylic acids is 1. The molecule has 1 aromatic carbocycles. The summed E-state index contributed by atoms with van der Waals surface area (Å²) in [6.07, 6.45) is 0. The molecule has 0 amide bonds. The van der Waals surface area contributed by atoms with Crippen LogP contribution in [0.4, 0.5) is 4.39 Å². The molecule has 0 fully saturated rings. The Morgan fingerprint density at radius 1 is 1.50 bits per heavy atom. The van der Waals surface area contributed by atoms with Crippen LogP contribution in [-0.2, 0) is 0 Å². The molecule has 1 rings (SSSR count). The van der Waals surface area contributed by atoms with Crippen LogP contribution in [0, 0.1) is 5.82 Å². The fourth-order valence-corrected chi connectivity index (χ4v) is 1.17. The summed E-state index contributed by atoms with van der Waals surface area (Å²) in [5.41, 5.74) is -0.416. The van der Waals surface area contributed by atoms with Gasteiger partial charge < -0.3 is 14.7 Å². The number of nitrogens with zero attached hydrogens (tertiary/aromatic N) is 1. The van der Waals surface area contributed by atoms with Gasteiger partial charge in [-0.25, -0.2) is 9.18 Å². The predicted octanol–water partition coefficient (Wildman–Crippen LogP) is 1.46. The highest BCUT2D eigenvalue weighted by Crippen LogP contribution is 2.21. The van der Waals surface area contributed by atoms with Gasteiger partial charge in [-0.1, -0.05) is 6.07 Å². The van der Waals surface area contributed by atoms with Crippen molar-refractivity contribution in [1.82, 2.24) is 4.90 Å². The third kappa shape index (κ3) is 3.20. The maximum Gasteiger partial charge on any atom is 0.342 e. The lowest BCUT2D eigenvalue weighted by Crippen LogP contribution is -2.20. The van der Waals surface area contributed by atoms with Gasteiger partial charge in [0, 0.05) is 6.54 Å². The maximum atomic E-state index is 13.2. The molecular formula is C11H14FNO3. The van der Waals surface area contributed by atoms with Crippen molar-refractivity contribution < 1.29 is 19.0 Å². The lowest BCUT2D eigenvalue weighted by Gasteiger charge is -2.12. The normalized spacial score (nSPS) is 10.5. The van der Waals surface area contributed by atoms with Gasteiger partial charge in [-0.05, 0) is 26.2 Å². The minimum Gasteiger partial charge on any atom is -0.491 e. The van der Waals surface area contributed by atoms with Crippen molar-refractivity contribution in [2.24, 2.45) is 0 Å². The fraction of sp³-hybridized carbons (Fsp3) is 0.364. The number of carbonyl (C=O) groups is 1. The molecule has 16 heavy (non-hydrogen) atoms. The van der Waals surface area contributed by atoms with E-state index >= 15 is 0 Å². The SMILES string of the molecule is CN(C)CCOc1cccc(F)c1C(=O)O. The first-order valence-electron chi connectivity index (χ1n) is 4.81. The summed E-state index contributed by atoms with van der Waals surface area (Å²) in [6, 6.07) is 3.97. The van der Waals surface area contributed by atoms with Crippen LogP contribution in [-0.4, -0.2) is 43.2 Å². The largest absolute Gasteiger partial charge is 0.491 e. The first-order chi connectivity index (χ1) is 7.52. The number of hydrogen-bond donors (Lipinski definition) is 1. The number of hydrogen-bond acceptors (Lipinski definition) is 3. The van der Waals surface area contributed by atoms with Crippen LogP contribution in [0.1, 0.15) is 10.4 Å². The molecule has 5 heteroatoms. The van der Waals surface area contributed by atoms with Crippen molar-refractivity contribution in [3.8, 4) is 5.75 Å². The van der Waals surface area contributed by atoms with Gasteiger partial charge in [-0.3, -0.25) is 0 Å². The van der Waals surface area contributed by atoms with Crippen LogP contribution in [0.5, 0.6) is 5.75 Å². The quantitative estimate of drug-likeness (QED) is 0.827. The molecule has 0 atom stereocenters. The highest BCUT2D eigenvalue weighted by atomic mass is 19.1. The summed E-state index contributed by atoms with van der Waals surface area (Å²) in [4.78, 5) is 12.7. The molecular weight excluding hydrogens is 213 g/mol. The van der Waals surface area contributed by atoms with Crippen LogP contribution in [0.15, 0.2) is 18.2 Å². The van der Waals surface area contributed by atoms with Gasteiger partial charge in [0.05, 0.1) is 0 Å². The number of ether oxygens (including phenoxy) is 1. The predicted molar refractivity (Wildman–Crippen MR) is 57.4 cm³/mol. The Hall–Kier alpha value is -1.62. The molecule has 0 radical (unpaired) electrons. The van der Waals surface area contributed by atoms with Crippen LogP contribution >= 0.6 is 0 Å². The van der Waals surface area contributed by atoms with Crippen molar-refractivity contribution >= 4 is 5.97 Å². The summed E-state index contributed by atoms with van der Waals surface area (Å²) < 4.78 is 18.4. The van der Waals surface area contributed by atoms with Gasteiger partial charge in [-0.15, -0.1) is 0 Å². The monoisotopic (exact) mass is 227 g/mol. The standard InChI is InChI=1S/C11H14FNO3/c1-13(2)6-7-16-9-5-3-4-8(12)10(9)11(14)15/h3-5H,6-7H2,1-2H3,(H,14,15). The van der Waals surface area contributed by atoms with E-state index < -0.39 is 17.3 Å². The zero-order valence-electron chi connectivity index (χ0n) is 9.24. The van der Waals surface area contributed by atoms with Crippen molar-refractivity contribution in [1.29, 1.82) is 0 Å². The second-order valence-electron chi connectivity index (χ2n) is 3.57. The molecule has 1 aromatic rings. The number of benzene rings is 1. The molecule has 0 unspecified atom stereocenters. The topological polar surface area (TPSA) is 49.8 Å². The first kappa shape index (κ1) is 12.4. The summed E-state index contributed by atoms with van der Waals surface area (Å²) in [7, 11) is 3.74. The molecule has 1 N–H and O–H groups in total. The highest BCUT2D eigenvalue weighted by Gasteiger charge is 2.16. The summed E-state index contributed by atoms with van der Waals surface area (Å²) in [5, 5.41) is 8.82. The second kappa shape index (κ2) is 5.46. The number of halogens is 1. The molecule has 0 bridgehead atoms. The Morgan fingerprint density at radius 2 is 2.19 bits per heavy atom. The molecule has 0 spiro atoms. The van der Waals surface area contributed by atoms with Crippen LogP contribution in [0.2, 0.25) is 0 Å². The molecule has 0 saturated heterocycles. The van der Waals surface area contributed by atoms with E-state index in [0.717, 1.165) is 6.07 Å². The Morgan fingerprint density at radius 3 is 2.75 bits per heavy atom. The number of rotatable bonds is 5. The summed E-state index contributed by atoms with van der Waals surface area (Å²) in [6.45, 7) is 0.951. The van der Waals surface area contributed by atoms with Crippen LogP contribution in [0.3, 0.4) is 0 Å². The smallest absolute Gasteiger partial charge is 0.342 e. The molecule has 0 heterocycles. The zero-order valence-corrected chi connectivity index (χ0v) is 9.24. The van der Waals surface area contributed by atoms with E-state index in [1.54, 1.807) is 0 Å². The average molecular weight is 227 g/mol. The lowest BCUT2D eigenvalue weighted by molar-refractivity contribution is 0.0686. The Bertz CT molecular complexity index is 379. The zero-order chi connectivity index (χ0) is 12.1. The van der Waals surface area contributed by atoms with Crippen LogP contribution < -0.4 is 4.74 Å². The summed E-state index contributed by atoms with van der Waals surface area (Å²) in [5.74, 6) is -2.04. The van der Waals surface area contributed by atoms with E-state index in [2.05, 4.69) is 0 Å². The van der Waals surface area contributed by atoms with E-state index in [4.69, 9.17) is 9.84 Å². The van der Waals surface area contributed by atoms with Gasteiger partial charge >= 0.3 is 5.97 Å². The Balaban J connectivity index is 2.79. The van der Waals surface area contributed by atoms with E-state index in [0.29, 0.717) is 13.2 Å². The third-order valence-electron chi connectivity index (χ3n) is 1.99. The van der Waals surface area contributed by atoms with Gasteiger partial charge in [0.15, 0.2) is 0 Å². The van der Waals surface area contributed by atoms with Crippen molar-refractivity contribution in [2.45, 2.75) is 0 Å². The maximum absolute atomic E-state index is 13.2. The highest BCUT2D eigenvalue weighted by molar-refractivity contribution is 5.91. The Labute approximate surface area is 93.3 Å². The molecule has 0 aliphatic heterocycles. The van der Waals surface area contributed by atoms with E-state index in [9.17, 15) is 9.18 Å². The van der Waals surface area contributed by atoms with Crippen molar-refractivity contribution in [3.05, 3.63) is 29.6 Å². The molecule has 88 valence electrons. The Kier molecular flexibility index (Phi) is 4.25. The molecule has 0 aliphatic carbocycles. The van der Waals surface area contributed by atoms with E-state index in [1.807, 2.05) is 19.0 Å². The van der Waals surface area contributed by atoms with Gasteiger partial charge in [0.25, 0.3) is 0 Å². The second-order valence-corrected chi connectivity index (χ2v) is 3.57. The van der Waals surface area contributed by atoms with Crippen molar-refractivity contribution in [2.75, 3.05) is 27.2 Å². The molecule has 0 aromatic heterocycles. The van der Waals surface area contributed by atoms with Gasteiger partial charge in [-0.2, -0.15) is 0 Å². The molecule has 4 nitrogen and oxygen atoms in total. The minimum absolute atomic E-state index is 0.0642. The number of likely N-dealkylation sites (N-methyl/N-ethyl adjacent to an activating group) is 1.